The first kappa shape index (κ1) is 10.6. The van der Waals surface area contributed by atoms with Crippen LogP contribution in [-0.2, 0) is 21.7 Å². The Kier molecular flexibility index (Phi) is 3.24. The van der Waals surface area contributed by atoms with Crippen molar-refractivity contribution in [2.75, 3.05) is 0 Å². The Labute approximate surface area is 102 Å². The smallest absolute Gasteiger partial charge is 0.226 e. The van der Waals surface area contributed by atoms with Crippen molar-refractivity contribution in [2.45, 2.75) is 51.4 Å². The van der Waals surface area contributed by atoms with Gasteiger partial charge in [-0.3, -0.25) is 0 Å². The molecule has 0 nitrogen and oxygen atoms in total. The minimum Gasteiger partial charge on any atom is -0.226 e. The molecule has 0 aliphatic heterocycles. The second-order valence-corrected chi connectivity index (χ2v) is 4.57. The molecule has 0 heterocycles. The summed E-state index contributed by atoms with van der Waals surface area (Å²) in [5.74, 6) is 0. The van der Waals surface area contributed by atoms with E-state index in [1.54, 1.807) is 22.3 Å². The quantitative estimate of drug-likeness (QED) is 0.429. The second kappa shape index (κ2) is 4.29. The molecule has 0 aromatic heterocycles. The van der Waals surface area contributed by atoms with Crippen LogP contribution in [0.15, 0.2) is 22.3 Å². The van der Waals surface area contributed by atoms with Crippen molar-refractivity contribution in [1.82, 2.24) is 0 Å². The first-order valence-corrected chi connectivity index (χ1v) is 5.71. The zero-order valence-electron chi connectivity index (χ0n) is 8.73. The van der Waals surface area contributed by atoms with Crippen molar-refractivity contribution < 1.29 is 21.7 Å². The Balaban J connectivity index is 0.000000750. The summed E-state index contributed by atoms with van der Waals surface area (Å²) in [5, 5.41) is 0. The molecular weight excluding hydrogens is 204 g/mol. The van der Waals surface area contributed by atoms with E-state index in [0.29, 0.717) is 0 Å². The van der Waals surface area contributed by atoms with Crippen LogP contribution in [0.2, 0.25) is 0 Å². The summed E-state index contributed by atoms with van der Waals surface area (Å²) in [6.07, 6.45) is 13.6. The third-order valence-corrected chi connectivity index (χ3v) is 3.76. The molecule has 0 atom stereocenters. The Bertz CT molecular complexity index is 266. The van der Waals surface area contributed by atoms with Crippen LogP contribution in [0.4, 0.5) is 0 Å². The number of fused-ring (bicyclic) bond motifs is 1. The number of rotatable bonds is 0. The van der Waals surface area contributed by atoms with Crippen LogP contribution >= 0.6 is 0 Å². The molecule has 3 rings (SSSR count). The fraction of sp³-hybridized carbons (Fsp3) is 0.615. The molecule has 0 aromatic rings. The first-order chi connectivity index (χ1) is 6.45. The topological polar surface area (TPSA) is 0 Å². The molecule has 0 unspecified atom stereocenters. The van der Waals surface area contributed by atoms with E-state index >= 15 is 0 Å². The normalized spacial score (nSPS) is 25.1. The fourth-order valence-electron chi connectivity index (χ4n) is 3.12. The number of hydrogen-bond acceptors (Lipinski definition) is 0. The predicted octanol–water partition coefficient (Wildman–Crippen LogP) is 3.94. The van der Waals surface area contributed by atoms with Gasteiger partial charge < -0.3 is 0 Å². The molecule has 14 heavy (non-hydrogen) atoms. The molecule has 0 spiro atoms. The van der Waals surface area contributed by atoms with Gasteiger partial charge in [0.05, 0.1) is 0 Å². The summed E-state index contributed by atoms with van der Waals surface area (Å²) in [4.78, 5) is 0. The van der Waals surface area contributed by atoms with Gasteiger partial charge in [0, 0.05) is 0 Å². The molecule has 0 N–H and O–H groups in total. The molecule has 3 aliphatic carbocycles. The summed E-state index contributed by atoms with van der Waals surface area (Å²) in [6.45, 7) is 0. The minimum absolute atomic E-state index is 0. The third kappa shape index (κ3) is 1.63. The first-order valence-electron chi connectivity index (χ1n) is 5.71. The van der Waals surface area contributed by atoms with E-state index in [2.05, 4.69) is 6.42 Å². The number of allylic oxidation sites excluding steroid dienone is 4. The van der Waals surface area contributed by atoms with Gasteiger partial charge in [0.2, 0.25) is 0 Å². The van der Waals surface area contributed by atoms with Gasteiger partial charge in [-0.05, 0) is 25.7 Å². The maximum Gasteiger partial charge on any atom is 2.00 e. The van der Waals surface area contributed by atoms with Gasteiger partial charge >= 0.3 is 21.7 Å². The van der Waals surface area contributed by atoms with Crippen LogP contribution < -0.4 is 0 Å². The third-order valence-electron chi connectivity index (χ3n) is 3.76. The summed E-state index contributed by atoms with van der Waals surface area (Å²) in [6, 6.07) is 0. The standard InChI is InChI=1S/C13H17.Ti/c1-3-7-12-10(5-1)9-11-6-2-4-8-13(11)12;/h5H,1-4,6-9H2;/q-1;+2. The largest absolute Gasteiger partial charge is 2.00 e. The maximum absolute atomic E-state index is 2.50. The molecule has 0 saturated heterocycles. The SMILES string of the molecule is [CH-]1CCCC2=C1CC1=C2CCCC1.[Ti+2]. The van der Waals surface area contributed by atoms with Crippen molar-refractivity contribution in [2.24, 2.45) is 0 Å². The Morgan fingerprint density at radius 2 is 1.64 bits per heavy atom. The van der Waals surface area contributed by atoms with Crippen molar-refractivity contribution >= 4 is 0 Å². The molecule has 72 valence electrons. The molecule has 1 heteroatoms. The van der Waals surface area contributed by atoms with E-state index < -0.39 is 0 Å². The molecule has 0 bridgehead atoms. The predicted molar refractivity (Wildman–Crippen MR) is 55.3 cm³/mol. The van der Waals surface area contributed by atoms with Crippen LogP contribution in [0.1, 0.15) is 51.4 Å². The Morgan fingerprint density at radius 1 is 0.857 bits per heavy atom. The van der Waals surface area contributed by atoms with E-state index in [1.165, 1.54) is 51.4 Å². The zero-order chi connectivity index (χ0) is 8.67. The van der Waals surface area contributed by atoms with Crippen LogP contribution in [-0.4, -0.2) is 0 Å². The second-order valence-electron chi connectivity index (χ2n) is 4.57. The summed E-state index contributed by atoms with van der Waals surface area (Å²) >= 11 is 0. The molecule has 0 saturated carbocycles. The number of hydrogen-bond donors (Lipinski definition) is 0. The average Bonchev–Trinajstić information content (AvgIpc) is 2.56. The minimum atomic E-state index is 0. The molecule has 0 fully saturated rings. The maximum atomic E-state index is 2.50. The van der Waals surface area contributed by atoms with E-state index in [4.69, 9.17) is 0 Å². The van der Waals surface area contributed by atoms with Gasteiger partial charge in [0.1, 0.15) is 0 Å². The molecule has 0 amide bonds. The molecule has 0 aromatic carbocycles. The van der Waals surface area contributed by atoms with Crippen molar-refractivity contribution in [3.05, 3.63) is 28.7 Å². The van der Waals surface area contributed by atoms with Crippen LogP contribution in [0.3, 0.4) is 0 Å². The van der Waals surface area contributed by atoms with Crippen molar-refractivity contribution in [3.8, 4) is 0 Å². The van der Waals surface area contributed by atoms with Gasteiger partial charge in [0.15, 0.2) is 0 Å². The summed E-state index contributed by atoms with van der Waals surface area (Å²) in [5.41, 5.74) is 7.06. The fourth-order valence-corrected chi connectivity index (χ4v) is 3.12. The van der Waals surface area contributed by atoms with Gasteiger partial charge in [-0.2, -0.15) is 5.57 Å². The Morgan fingerprint density at radius 3 is 2.57 bits per heavy atom. The summed E-state index contributed by atoms with van der Waals surface area (Å²) in [7, 11) is 0. The van der Waals surface area contributed by atoms with Crippen LogP contribution in [0.25, 0.3) is 0 Å². The van der Waals surface area contributed by atoms with E-state index in [9.17, 15) is 0 Å². The summed E-state index contributed by atoms with van der Waals surface area (Å²) < 4.78 is 0. The van der Waals surface area contributed by atoms with Gasteiger partial charge in [-0.1, -0.05) is 24.8 Å². The average molecular weight is 221 g/mol. The van der Waals surface area contributed by atoms with Gasteiger partial charge in [0.25, 0.3) is 0 Å². The van der Waals surface area contributed by atoms with E-state index in [1.807, 2.05) is 0 Å². The molecule has 0 radical (unpaired) electrons. The van der Waals surface area contributed by atoms with Crippen LogP contribution in [0.5, 0.6) is 0 Å². The van der Waals surface area contributed by atoms with E-state index in [-0.39, 0.29) is 21.7 Å². The van der Waals surface area contributed by atoms with Crippen LogP contribution in [0, 0.1) is 6.42 Å². The van der Waals surface area contributed by atoms with Crippen molar-refractivity contribution in [3.63, 3.8) is 0 Å². The monoisotopic (exact) mass is 221 g/mol. The van der Waals surface area contributed by atoms with E-state index in [0.717, 1.165) is 0 Å². The van der Waals surface area contributed by atoms with Crippen molar-refractivity contribution in [1.29, 1.82) is 0 Å². The zero-order valence-corrected chi connectivity index (χ0v) is 10.3. The molecule has 3 aliphatic rings. The Hall–Kier alpha value is 0.0643. The van der Waals surface area contributed by atoms with Gasteiger partial charge in [-0.25, -0.2) is 12.0 Å². The molecular formula is C13H17Ti+. The van der Waals surface area contributed by atoms with Gasteiger partial charge in [-0.15, -0.1) is 12.0 Å².